The number of carbonyl (C=O) groups is 2. The first-order valence-corrected chi connectivity index (χ1v) is 15.9. The molecule has 11 nitrogen and oxygen atoms in total. The minimum atomic E-state index is -3.78. The number of benzene rings is 2. The van der Waals surface area contributed by atoms with Gasteiger partial charge in [0.1, 0.15) is 22.3 Å². The maximum Gasteiger partial charge on any atom is 0.411 e. The molecule has 2 heterocycles. The molecular weight excluding hydrogens is 617 g/mol. The van der Waals surface area contributed by atoms with Crippen molar-refractivity contribution in [3.8, 4) is 11.3 Å². The number of amides is 2. The highest BCUT2D eigenvalue weighted by Gasteiger charge is 2.33. The number of anilines is 1. The number of carbonyl (C=O) groups excluding carboxylic acids is 1. The van der Waals surface area contributed by atoms with Gasteiger partial charge in [-0.2, -0.15) is 0 Å². The van der Waals surface area contributed by atoms with E-state index in [2.05, 4.69) is 4.98 Å². The molecule has 1 aliphatic rings. The van der Waals surface area contributed by atoms with E-state index < -0.39 is 27.8 Å². The number of sulfonamides is 1. The van der Waals surface area contributed by atoms with Crippen molar-refractivity contribution in [3.63, 3.8) is 0 Å². The van der Waals surface area contributed by atoms with Crippen LogP contribution < -0.4 is 9.62 Å². The monoisotopic (exact) mass is 645 g/mol. The third-order valence-corrected chi connectivity index (χ3v) is 8.33. The molecule has 2 aromatic carbocycles. The summed E-state index contributed by atoms with van der Waals surface area (Å²) < 4.78 is 58.2. The standard InChI is InChI=1S/C30H29ClFN3O8S/c1-44(39,40)35(10-11-41-12-13-42-17-18-8-9-33-26(31)14-18)24-16-25-23(15-22(24)19-2-3-19)27(29(36)34-30(37)38)28(43-25)20-4-6-21(32)7-5-20/h4-9,14-16,19H,2-3,10-13,17H2,1H3,(H,34,36)(H,37,38). The highest BCUT2D eigenvalue weighted by molar-refractivity contribution is 7.92. The number of ether oxygens (including phenoxy) is 2. The highest BCUT2D eigenvalue weighted by atomic mass is 35.5. The minimum Gasteiger partial charge on any atom is -0.465 e. The molecule has 0 unspecified atom stereocenters. The summed E-state index contributed by atoms with van der Waals surface area (Å²) in [5.41, 5.74) is 2.37. The van der Waals surface area contributed by atoms with Gasteiger partial charge in [-0.25, -0.2) is 22.6 Å². The van der Waals surface area contributed by atoms with Crippen molar-refractivity contribution in [2.75, 3.05) is 36.9 Å². The van der Waals surface area contributed by atoms with Crippen LogP contribution in [0.15, 0.2) is 59.1 Å². The molecule has 1 aliphatic carbocycles. The number of imide groups is 1. The molecule has 0 spiro atoms. The smallest absolute Gasteiger partial charge is 0.411 e. The predicted molar refractivity (Wildman–Crippen MR) is 161 cm³/mol. The lowest BCUT2D eigenvalue weighted by Crippen LogP contribution is -2.34. The molecule has 1 saturated carbocycles. The van der Waals surface area contributed by atoms with Gasteiger partial charge in [0.25, 0.3) is 5.91 Å². The van der Waals surface area contributed by atoms with Crippen LogP contribution in [0.1, 0.15) is 40.2 Å². The van der Waals surface area contributed by atoms with Crippen LogP contribution in [0, 0.1) is 5.82 Å². The Labute approximate surface area is 257 Å². The predicted octanol–water partition coefficient (Wildman–Crippen LogP) is 5.57. The first kappa shape index (κ1) is 31.4. The zero-order valence-corrected chi connectivity index (χ0v) is 25.2. The SMILES string of the molecule is CS(=O)(=O)N(CCOCCOCc1ccnc(Cl)c1)c1cc2oc(-c3ccc(F)cc3)c(C(=O)NC(=O)O)c2cc1C1CC1. The number of fused-ring (bicyclic) bond motifs is 1. The number of aromatic nitrogens is 1. The highest BCUT2D eigenvalue weighted by Crippen LogP contribution is 2.48. The van der Waals surface area contributed by atoms with Crippen molar-refractivity contribution < 1.29 is 41.4 Å². The van der Waals surface area contributed by atoms with E-state index in [-0.39, 0.29) is 49.2 Å². The van der Waals surface area contributed by atoms with Gasteiger partial charge in [0.15, 0.2) is 0 Å². The summed E-state index contributed by atoms with van der Waals surface area (Å²) in [6, 6.07) is 11.9. The molecule has 0 aliphatic heterocycles. The Morgan fingerprint density at radius 3 is 2.50 bits per heavy atom. The van der Waals surface area contributed by atoms with Gasteiger partial charge in [-0.1, -0.05) is 11.6 Å². The van der Waals surface area contributed by atoms with Crippen molar-refractivity contribution in [1.29, 1.82) is 0 Å². The topological polar surface area (TPSA) is 148 Å². The van der Waals surface area contributed by atoms with Gasteiger partial charge < -0.3 is 19.0 Å². The Morgan fingerprint density at radius 2 is 1.84 bits per heavy atom. The largest absolute Gasteiger partial charge is 0.465 e. The Hall–Kier alpha value is -4.04. The lowest BCUT2D eigenvalue weighted by Gasteiger charge is -2.25. The van der Waals surface area contributed by atoms with E-state index in [9.17, 15) is 27.5 Å². The second-order valence-electron chi connectivity index (χ2n) is 10.2. The number of pyridine rings is 1. The van der Waals surface area contributed by atoms with Crippen molar-refractivity contribution >= 4 is 50.3 Å². The normalized spacial score (nSPS) is 13.2. The van der Waals surface area contributed by atoms with E-state index in [1.165, 1.54) is 34.6 Å². The first-order chi connectivity index (χ1) is 21.0. The summed E-state index contributed by atoms with van der Waals surface area (Å²) >= 11 is 5.88. The van der Waals surface area contributed by atoms with Crippen LogP contribution in [-0.2, 0) is 26.1 Å². The summed E-state index contributed by atoms with van der Waals surface area (Å²) in [5, 5.41) is 11.7. The Balaban J connectivity index is 1.40. The Bertz CT molecular complexity index is 1790. The Kier molecular flexibility index (Phi) is 9.49. The van der Waals surface area contributed by atoms with Gasteiger partial charge in [0, 0.05) is 23.2 Å². The molecule has 2 aromatic heterocycles. The average Bonchev–Trinajstić information content (AvgIpc) is 3.73. The van der Waals surface area contributed by atoms with Gasteiger partial charge in [-0.15, -0.1) is 0 Å². The quantitative estimate of drug-likeness (QED) is 0.141. The van der Waals surface area contributed by atoms with E-state index >= 15 is 0 Å². The lowest BCUT2D eigenvalue weighted by molar-refractivity contribution is 0.0435. The second-order valence-corrected chi connectivity index (χ2v) is 12.5. The molecule has 0 radical (unpaired) electrons. The number of carboxylic acid groups (broad SMARTS) is 1. The molecule has 1 fully saturated rings. The zero-order chi connectivity index (χ0) is 31.4. The van der Waals surface area contributed by atoms with Crippen LogP contribution in [0.3, 0.4) is 0 Å². The van der Waals surface area contributed by atoms with Gasteiger partial charge in [-0.05, 0) is 72.4 Å². The third-order valence-electron chi connectivity index (χ3n) is 6.95. The fourth-order valence-electron chi connectivity index (χ4n) is 4.83. The van der Waals surface area contributed by atoms with Crippen LogP contribution in [0.4, 0.5) is 14.9 Å². The van der Waals surface area contributed by atoms with Crippen LogP contribution in [0.2, 0.25) is 5.15 Å². The number of nitrogens with one attached hydrogen (secondary N) is 1. The van der Waals surface area contributed by atoms with E-state index in [1.54, 1.807) is 24.4 Å². The second kappa shape index (κ2) is 13.3. The summed E-state index contributed by atoms with van der Waals surface area (Å²) in [4.78, 5) is 28.3. The van der Waals surface area contributed by atoms with Crippen molar-refractivity contribution in [3.05, 3.63) is 82.4 Å². The Morgan fingerprint density at radius 1 is 1.11 bits per heavy atom. The van der Waals surface area contributed by atoms with Crippen molar-refractivity contribution in [1.82, 2.24) is 10.3 Å². The van der Waals surface area contributed by atoms with Gasteiger partial charge in [0.05, 0.1) is 50.5 Å². The molecule has 5 rings (SSSR count). The van der Waals surface area contributed by atoms with Crippen LogP contribution in [0.5, 0.6) is 0 Å². The van der Waals surface area contributed by atoms with Gasteiger partial charge in [-0.3, -0.25) is 14.4 Å². The lowest BCUT2D eigenvalue weighted by atomic mass is 10.0. The number of rotatable bonds is 13. The molecule has 2 N–H and O–H groups in total. The first-order valence-electron chi connectivity index (χ1n) is 13.7. The fourth-order valence-corrected chi connectivity index (χ4v) is 5.95. The molecule has 0 atom stereocenters. The summed E-state index contributed by atoms with van der Waals surface area (Å²) in [5.74, 6) is -1.36. The molecule has 0 saturated heterocycles. The summed E-state index contributed by atoms with van der Waals surface area (Å²) in [6.07, 6.45) is 2.75. The minimum absolute atomic E-state index is 0.00189. The maximum atomic E-state index is 13.6. The molecule has 4 aromatic rings. The van der Waals surface area contributed by atoms with Crippen LogP contribution >= 0.6 is 11.6 Å². The number of halogens is 2. The average molecular weight is 646 g/mol. The van der Waals surface area contributed by atoms with E-state index in [0.29, 0.717) is 34.0 Å². The molecule has 14 heteroatoms. The number of hydrogen-bond acceptors (Lipinski definition) is 8. The molecule has 2 amide bonds. The van der Waals surface area contributed by atoms with Crippen molar-refractivity contribution in [2.24, 2.45) is 0 Å². The molecule has 44 heavy (non-hydrogen) atoms. The van der Waals surface area contributed by atoms with E-state index in [4.69, 9.17) is 25.5 Å². The number of hydrogen-bond donors (Lipinski definition) is 2. The van der Waals surface area contributed by atoms with Crippen molar-refractivity contribution in [2.45, 2.75) is 25.4 Å². The van der Waals surface area contributed by atoms with Crippen LogP contribution in [0.25, 0.3) is 22.3 Å². The van der Waals surface area contributed by atoms with E-state index in [1.807, 2.05) is 5.32 Å². The number of furan rings is 1. The number of nitrogens with zero attached hydrogens (tertiary/aromatic N) is 2. The van der Waals surface area contributed by atoms with Gasteiger partial charge >= 0.3 is 6.09 Å². The maximum absolute atomic E-state index is 13.6. The summed E-state index contributed by atoms with van der Waals surface area (Å²) in [7, 11) is -3.78. The summed E-state index contributed by atoms with van der Waals surface area (Å²) in [6.45, 7) is 0.901. The van der Waals surface area contributed by atoms with Gasteiger partial charge in [0.2, 0.25) is 10.0 Å². The fraction of sp³-hybridized carbons (Fsp3) is 0.300. The van der Waals surface area contributed by atoms with Crippen LogP contribution in [-0.4, -0.2) is 63.1 Å². The molecule has 232 valence electrons. The third kappa shape index (κ3) is 7.53. The van der Waals surface area contributed by atoms with E-state index in [0.717, 1.165) is 24.7 Å². The molecule has 0 bridgehead atoms. The zero-order valence-electron chi connectivity index (χ0n) is 23.6. The molecular formula is C30H29ClFN3O8S.